The molecular weight excluding hydrogens is 421 g/mol. The van der Waals surface area contributed by atoms with Gasteiger partial charge in [-0.2, -0.15) is 4.31 Å². The third kappa shape index (κ3) is 4.85. The van der Waals surface area contributed by atoms with E-state index in [-0.39, 0.29) is 40.5 Å². The molecule has 9 heteroatoms. The van der Waals surface area contributed by atoms with Gasteiger partial charge in [-0.25, -0.2) is 8.42 Å². The van der Waals surface area contributed by atoms with Crippen LogP contribution in [0, 0.1) is 6.92 Å². The van der Waals surface area contributed by atoms with Crippen molar-refractivity contribution in [2.45, 2.75) is 11.8 Å². The van der Waals surface area contributed by atoms with Gasteiger partial charge in [-0.1, -0.05) is 47.0 Å². The van der Waals surface area contributed by atoms with Crippen molar-refractivity contribution in [3.8, 4) is 0 Å². The molecule has 2 aromatic carbocycles. The zero-order valence-electron chi connectivity index (χ0n) is 15.4. The van der Waals surface area contributed by atoms with Crippen molar-refractivity contribution >= 4 is 44.8 Å². The Morgan fingerprint density at radius 1 is 1.00 bits per heavy atom. The standard InChI is InChI=1S/C19H21Cl2N3O3S/c1-14-5-7-15(8-6-14)22-18(25)13-23-9-11-24(12-10-23)28(26,27)19-16(20)3-2-4-17(19)21/h2-8H,9-13H2,1H3,(H,22,25). The Labute approximate surface area is 175 Å². The van der Waals surface area contributed by atoms with E-state index >= 15 is 0 Å². The minimum Gasteiger partial charge on any atom is -0.325 e. The molecule has 1 heterocycles. The van der Waals surface area contributed by atoms with E-state index in [1.807, 2.05) is 36.1 Å². The van der Waals surface area contributed by atoms with Crippen molar-refractivity contribution in [1.29, 1.82) is 0 Å². The lowest BCUT2D eigenvalue weighted by Gasteiger charge is -2.33. The Bertz CT molecular complexity index is 937. The van der Waals surface area contributed by atoms with Gasteiger partial charge in [-0.05, 0) is 31.2 Å². The predicted octanol–water partition coefficient (Wildman–Crippen LogP) is 3.25. The number of rotatable bonds is 5. The monoisotopic (exact) mass is 441 g/mol. The van der Waals surface area contributed by atoms with Crippen LogP contribution in [0.3, 0.4) is 0 Å². The summed E-state index contributed by atoms with van der Waals surface area (Å²) in [6.07, 6.45) is 0. The highest BCUT2D eigenvalue weighted by molar-refractivity contribution is 7.89. The summed E-state index contributed by atoms with van der Waals surface area (Å²) in [5, 5.41) is 3.06. The summed E-state index contributed by atoms with van der Waals surface area (Å²) in [4.78, 5) is 14.1. The Balaban J connectivity index is 1.58. The smallest absolute Gasteiger partial charge is 0.246 e. The molecule has 1 N–H and O–H groups in total. The lowest BCUT2D eigenvalue weighted by atomic mass is 10.2. The van der Waals surface area contributed by atoms with E-state index in [0.29, 0.717) is 13.1 Å². The first-order valence-corrected chi connectivity index (χ1v) is 11.0. The Morgan fingerprint density at radius 2 is 1.57 bits per heavy atom. The predicted molar refractivity (Wildman–Crippen MR) is 111 cm³/mol. The van der Waals surface area contributed by atoms with Crippen molar-refractivity contribution in [2.24, 2.45) is 0 Å². The summed E-state index contributed by atoms with van der Waals surface area (Å²) in [6.45, 7) is 3.61. The second-order valence-corrected chi connectivity index (χ2v) is 9.33. The molecule has 0 aliphatic carbocycles. The van der Waals surface area contributed by atoms with Gasteiger partial charge in [0.25, 0.3) is 0 Å². The second kappa shape index (κ2) is 8.80. The summed E-state index contributed by atoms with van der Waals surface area (Å²) in [7, 11) is -3.79. The number of nitrogens with zero attached hydrogens (tertiary/aromatic N) is 2. The van der Waals surface area contributed by atoms with E-state index in [2.05, 4.69) is 5.32 Å². The van der Waals surface area contributed by atoms with Crippen LogP contribution in [0.2, 0.25) is 10.0 Å². The van der Waals surface area contributed by atoms with Gasteiger partial charge >= 0.3 is 0 Å². The van der Waals surface area contributed by atoms with Crippen molar-refractivity contribution in [3.05, 3.63) is 58.1 Å². The Morgan fingerprint density at radius 3 is 2.14 bits per heavy atom. The first-order chi connectivity index (χ1) is 13.3. The summed E-state index contributed by atoms with van der Waals surface area (Å²) in [6, 6.07) is 12.2. The number of carbonyl (C=O) groups excluding carboxylic acids is 1. The van der Waals surface area contributed by atoms with Gasteiger partial charge < -0.3 is 5.32 Å². The van der Waals surface area contributed by atoms with E-state index in [9.17, 15) is 13.2 Å². The zero-order valence-corrected chi connectivity index (χ0v) is 17.7. The van der Waals surface area contributed by atoms with E-state index in [1.54, 1.807) is 6.07 Å². The van der Waals surface area contributed by atoms with Crippen LogP contribution < -0.4 is 5.32 Å². The van der Waals surface area contributed by atoms with Gasteiger partial charge in [-0.15, -0.1) is 0 Å². The number of aryl methyl sites for hydroxylation is 1. The highest BCUT2D eigenvalue weighted by Crippen LogP contribution is 2.31. The molecule has 1 aliphatic rings. The van der Waals surface area contributed by atoms with Crippen LogP contribution in [0.5, 0.6) is 0 Å². The molecule has 1 amide bonds. The van der Waals surface area contributed by atoms with Crippen LogP contribution in [0.15, 0.2) is 47.4 Å². The van der Waals surface area contributed by atoms with Gasteiger partial charge in [0.2, 0.25) is 15.9 Å². The van der Waals surface area contributed by atoms with Gasteiger partial charge in [0.05, 0.1) is 16.6 Å². The molecule has 0 bridgehead atoms. The maximum atomic E-state index is 12.9. The van der Waals surface area contributed by atoms with E-state index < -0.39 is 10.0 Å². The molecule has 28 heavy (non-hydrogen) atoms. The van der Waals surface area contributed by atoms with E-state index in [4.69, 9.17) is 23.2 Å². The van der Waals surface area contributed by atoms with Gasteiger partial charge in [0.15, 0.2) is 0 Å². The molecule has 6 nitrogen and oxygen atoms in total. The maximum absolute atomic E-state index is 12.9. The Hall–Kier alpha value is -1.64. The largest absolute Gasteiger partial charge is 0.325 e. The fourth-order valence-corrected chi connectivity index (χ4v) is 5.54. The van der Waals surface area contributed by atoms with Crippen LogP contribution in [0.25, 0.3) is 0 Å². The molecule has 0 atom stereocenters. The molecule has 0 unspecified atom stereocenters. The summed E-state index contributed by atoms with van der Waals surface area (Å²) >= 11 is 12.1. The average Bonchev–Trinajstić information content (AvgIpc) is 2.64. The number of amides is 1. The zero-order chi connectivity index (χ0) is 20.3. The second-order valence-electron chi connectivity index (χ2n) is 6.65. The fraction of sp³-hybridized carbons (Fsp3) is 0.316. The SMILES string of the molecule is Cc1ccc(NC(=O)CN2CCN(S(=O)(=O)c3c(Cl)cccc3Cl)CC2)cc1. The van der Waals surface area contributed by atoms with Crippen LogP contribution in [0.4, 0.5) is 5.69 Å². The first-order valence-electron chi connectivity index (χ1n) is 8.80. The maximum Gasteiger partial charge on any atom is 0.246 e. The molecule has 3 rings (SSSR count). The Kier molecular flexibility index (Phi) is 6.62. The van der Waals surface area contributed by atoms with Crippen molar-refractivity contribution in [1.82, 2.24) is 9.21 Å². The average molecular weight is 442 g/mol. The number of nitrogens with one attached hydrogen (secondary N) is 1. The molecule has 150 valence electrons. The van der Waals surface area contributed by atoms with Crippen molar-refractivity contribution < 1.29 is 13.2 Å². The van der Waals surface area contributed by atoms with Crippen LogP contribution in [-0.4, -0.2) is 56.3 Å². The molecule has 1 aliphatic heterocycles. The van der Waals surface area contributed by atoms with Crippen molar-refractivity contribution in [3.63, 3.8) is 0 Å². The number of benzene rings is 2. The lowest BCUT2D eigenvalue weighted by Crippen LogP contribution is -2.50. The van der Waals surface area contributed by atoms with Crippen LogP contribution in [0.1, 0.15) is 5.56 Å². The summed E-state index contributed by atoms with van der Waals surface area (Å²) in [5.41, 5.74) is 1.86. The van der Waals surface area contributed by atoms with Crippen LogP contribution >= 0.6 is 23.2 Å². The number of sulfonamides is 1. The first kappa shape index (κ1) is 21.1. The normalized spacial score (nSPS) is 16.1. The number of hydrogen-bond acceptors (Lipinski definition) is 4. The molecule has 0 radical (unpaired) electrons. The molecule has 2 aromatic rings. The van der Waals surface area contributed by atoms with Gasteiger partial charge in [0, 0.05) is 31.9 Å². The number of piperazine rings is 1. The van der Waals surface area contributed by atoms with E-state index in [1.165, 1.54) is 16.4 Å². The number of carbonyl (C=O) groups is 1. The molecule has 0 aromatic heterocycles. The third-order valence-electron chi connectivity index (χ3n) is 4.55. The fourth-order valence-electron chi connectivity index (χ4n) is 3.03. The highest BCUT2D eigenvalue weighted by atomic mass is 35.5. The van der Waals surface area contributed by atoms with Gasteiger partial charge in [-0.3, -0.25) is 9.69 Å². The quantitative estimate of drug-likeness (QED) is 0.772. The third-order valence-corrected chi connectivity index (χ3v) is 7.41. The molecule has 0 saturated carbocycles. The lowest BCUT2D eigenvalue weighted by molar-refractivity contribution is -0.117. The molecular formula is C19H21Cl2N3O3S. The van der Waals surface area contributed by atoms with Crippen molar-refractivity contribution in [2.75, 3.05) is 38.0 Å². The minimum absolute atomic E-state index is 0.0658. The highest BCUT2D eigenvalue weighted by Gasteiger charge is 2.32. The molecule has 0 spiro atoms. The minimum atomic E-state index is -3.79. The number of hydrogen-bond donors (Lipinski definition) is 1. The van der Waals surface area contributed by atoms with E-state index in [0.717, 1.165) is 11.3 Å². The summed E-state index contributed by atoms with van der Waals surface area (Å²) in [5.74, 6) is -0.130. The number of halogens is 2. The van der Waals surface area contributed by atoms with Gasteiger partial charge in [0.1, 0.15) is 4.90 Å². The molecule has 1 saturated heterocycles. The van der Waals surface area contributed by atoms with Crippen LogP contribution in [-0.2, 0) is 14.8 Å². The number of anilines is 1. The molecule has 1 fully saturated rings. The summed E-state index contributed by atoms with van der Waals surface area (Å²) < 4.78 is 27.1. The topological polar surface area (TPSA) is 69.7 Å².